The van der Waals surface area contributed by atoms with Crippen LogP contribution < -0.4 is 11.1 Å². The zero-order chi connectivity index (χ0) is 29.5. The molecule has 0 amide bonds. The zero-order valence-electron chi connectivity index (χ0n) is 22.7. The highest BCUT2D eigenvalue weighted by molar-refractivity contribution is 7.80. The van der Waals surface area contributed by atoms with Crippen molar-refractivity contribution in [1.29, 1.82) is 5.26 Å². The molecule has 11 heteroatoms. The number of benzene rings is 2. The van der Waals surface area contributed by atoms with Gasteiger partial charge in [-0.25, -0.2) is 4.98 Å². The maximum Gasteiger partial charge on any atom is 0.416 e. The Balaban J connectivity index is 1.84. The quantitative estimate of drug-likeness (QED) is 0.246. The first-order chi connectivity index (χ1) is 18.9. The standard InChI is InChI=1S/C29H33F3N6OS/c1-4-13-36-27(40)38(18-22-7-5-6-8-24(22)29(30,31)32)26(34)28(2,3)25(39)14-23-16-35-19-37(23)17-21-11-9-20(15-33)10-12-21/h5-12,16,19,26H,4,13-14,17-18,34H2,1-3H3,(H,36,40). The first kappa shape index (κ1) is 30.8. The average Bonchev–Trinajstić information content (AvgIpc) is 3.36. The molecule has 1 unspecified atom stereocenters. The fourth-order valence-electron chi connectivity index (χ4n) is 4.21. The van der Waals surface area contributed by atoms with Crippen LogP contribution in [0.15, 0.2) is 61.1 Å². The number of ketones is 1. The number of nitriles is 1. The Kier molecular flexibility index (Phi) is 10.1. The largest absolute Gasteiger partial charge is 0.416 e. The van der Waals surface area contributed by atoms with Crippen molar-refractivity contribution in [1.82, 2.24) is 19.8 Å². The van der Waals surface area contributed by atoms with E-state index in [1.54, 1.807) is 38.5 Å². The van der Waals surface area contributed by atoms with Crippen molar-refractivity contribution >= 4 is 23.1 Å². The molecule has 1 heterocycles. The van der Waals surface area contributed by atoms with Gasteiger partial charge in [0.15, 0.2) is 5.11 Å². The number of imidazole rings is 1. The minimum absolute atomic E-state index is 0.00911. The molecule has 3 N–H and O–H groups in total. The van der Waals surface area contributed by atoms with E-state index in [9.17, 15) is 18.0 Å². The maximum absolute atomic E-state index is 13.7. The molecular weight excluding hydrogens is 537 g/mol. The third-order valence-electron chi connectivity index (χ3n) is 6.82. The van der Waals surface area contributed by atoms with Crippen molar-refractivity contribution in [3.05, 3.63) is 89.0 Å². The summed E-state index contributed by atoms with van der Waals surface area (Å²) in [7, 11) is 0. The van der Waals surface area contributed by atoms with Crippen LogP contribution in [-0.2, 0) is 30.5 Å². The number of hydrogen-bond acceptors (Lipinski definition) is 5. The second kappa shape index (κ2) is 13.1. The van der Waals surface area contributed by atoms with Crippen LogP contribution in [0.4, 0.5) is 13.2 Å². The molecule has 7 nitrogen and oxygen atoms in total. The molecule has 0 spiro atoms. The molecule has 3 rings (SSSR count). The molecular formula is C29H33F3N6OS. The third-order valence-corrected chi connectivity index (χ3v) is 7.20. The van der Waals surface area contributed by atoms with E-state index in [2.05, 4.69) is 16.4 Å². The number of carbonyl (C=O) groups is 1. The minimum Gasteiger partial charge on any atom is -0.363 e. The van der Waals surface area contributed by atoms with E-state index < -0.39 is 23.3 Å². The van der Waals surface area contributed by atoms with Crippen LogP contribution >= 0.6 is 12.2 Å². The summed E-state index contributed by atoms with van der Waals surface area (Å²) in [6.45, 7) is 6.02. The van der Waals surface area contributed by atoms with Gasteiger partial charge in [0.2, 0.25) is 0 Å². The van der Waals surface area contributed by atoms with E-state index >= 15 is 0 Å². The van der Waals surface area contributed by atoms with Gasteiger partial charge < -0.3 is 20.5 Å². The molecule has 212 valence electrons. The lowest BCUT2D eigenvalue weighted by Crippen LogP contribution is -2.58. The van der Waals surface area contributed by atoms with Crippen LogP contribution in [0, 0.1) is 16.7 Å². The normalized spacial score (nSPS) is 12.4. The summed E-state index contributed by atoms with van der Waals surface area (Å²) in [5.74, 6) is -0.214. The Morgan fingerprint density at radius 2 is 1.88 bits per heavy atom. The Morgan fingerprint density at radius 3 is 2.50 bits per heavy atom. The molecule has 0 aliphatic carbocycles. The van der Waals surface area contributed by atoms with Crippen LogP contribution in [0.2, 0.25) is 0 Å². The zero-order valence-corrected chi connectivity index (χ0v) is 23.5. The highest BCUT2D eigenvalue weighted by Crippen LogP contribution is 2.34. The van der Waals surface area contributed by atoms with Crippen LogP contribution in [0.5, 0.6) is 0 Å². The number of alkyl halides is 3. The number of aromatic nitrogens is 2. The van der Waals surface area contributed by atoms with Crippen LogP contribution in [0.3, 0.4) is 0 Å². The van der Waals surface area contributed by atoms with E-state index in [1.165, 1.54) is 23.1 Å². The van der Waals surface area contributed by atoms with Gasteiger partial charge in [-0.1, -0.05) is 37.3 Å². The number of thiocarbonyl (C=S) groups is 1. The molecule has 0 aliphatic heterocycles. The molecule has 0 aliphatic rings. The summed E-state index contributed by atoms with van der Waals surface area (Å²) < 4.78 is 43.0. The van der Waals surface area contributed by atoms with Crippen LogP contribution in [0.1, 0.15) is 55.1 Å². The lowest BCUT2D eigenvalue weighted by atomic mass is 9.82. The van der Waals surface area contributed by atoms with Crippen LogP contribution in [-0.4, -0.2) is 38.1 Å². The van der Waals surface area contributed by atoms with Crippen molar-refractivity contribution in [2.45, 2.75) is 59.0 Å². The predicted molar refractivity (Wildman–Crippen MR) is 151 cm³/mol. The molecule has 2 aromatic carbocycles. The highest BCUT2D eigenvalue weighted by atomic mass is 32.1. The van der Waals surface area contributed by atoms with Gasteiger partial charge in [0.25, 0.3) is 0 Å². The average molecular weight is 571 g/mol. The molecule has 0 saturated heterocycles. The predicted octanol–water partition coefficient (Wildman–Crippen LogP) is 5.03. The van der Waals surface area contributed by atoms with Gasteiger partial charge in [-0.05, 0) is 61.8 Å². The number of nitrogens with two attached hydrogens (primary N) is 1. The Hall–Kier alpha value is -3.75. The monoisotopic (exact) mass is 570 g/mol. The van der Waals surface area contributed by atoms with Gasteiger partial charge in [-0.2, -0.15) is 18.4 Å². The molecule has 40 heavy (non-hydrogen) atoms. The van der Waals surface area contributed by atoms with Crippen molar-refractivity contribution in [3.8, 4) is 6.07 Å². The molecule has 1 aromatic heterocycles. The first-order valence-electron chi connectivity index (χ1n) is 12.8. The molecule has 0 fully saturated rings. The van der Waals surface area contributed by atoms with E-state index in [4.69, 9.17) is 23.2 Å². The number of hydrogen-bond donors (Lipinski definition) is 2. The summed E-state index contributed by atoms with van der Waals surface area (Å²) in [4.78, 5) is 19.3. The SMILES string of the molecule is CCCNC(=S)N(Cc1ccccc1C(F)(F)F)C(N)C(C)(C)C(=O)Cc1cncn1Cc1ccc(C#N)cc1. The van der Waals surface area contributed by atoms with E-state index in [1.807, 2.05) is 23.6 Å². The van der Waals surface area contributed by atoms with E-state index in [0.29, 0.717) is 24.3 Å². The lowest BCUT2D eigenvalue weighted by molar-refractivity contribution is -0.138. The van der Waals surface area contributed by atoms with Crippen molar-refractivity contribution in [2.75, 3.05) is 6.54 Å². The van der Waals surface area contributed by atoms with Crippen molar-refractivity contribution < 1.29 is 18.0 Å². The molecule has 1 atom stereocenters. The minimum atomic E-state index is -4.55. The maximum atomic E-state index is 13.7. The summed E-state index contributed by atoms with van der Waals surface area (Å²) in [6, 6.07) is 14.5. The highest BCUT2D eigenvalue weighted by Gasteiger charge is 2.40. The topological polar surface area (TPSA) is 100.0 Å². The van der Waals surface area contributed by atoms with Crippen molar-refractivity contribution in [3.63, 3.8) is 0 Å². The third kappa shape index (κ3) is 7.46. The van der Waals surface area contributed by atoms with Gasteiger partial charge in [-0.3, -0.25) is 4.79 Å². The molecule has 0 radical (unpaired) electrons. The first-order valence-corrected chi connectivity index (χ1v) is 13.3. The molecule has 0 bridgehead atoms. The molecule has 0 saturated carbocycles. The number of halogens is 3. The number of Topliss-reactive ketones (excluding diaryl/α,β-unsaturated/α-hetero) is 1. The van der Waals surface area contributed by atoms with Crippen LogP contribution in [0.25, 0.3) is 0 Å². The number of nitrogens with one attached hydrogen (secondary N) is 1. The second-order valence-corrected chi connectivity index (χ2v) is 10.5. The van der Waals surface area contributed by atoms with E-state index in [0.717, 1.165) is 18.1 Å². The smallest absolute Gasteiger partial charge is 0.363 e. The number of nitrogens with zero attached hydrogens (tertiary/aromatic N) is 4. The summed E-state index contributed by atoms with van der Waals surface area (Å²) >= 11 is 5.54. The Morgan fingerprint density at radius 1 is 1.20 bits per heavy atom. The van der Waals surface area contributed by atoms with E-state index in [-0.39, 0.29) is 29.4 Å². The van der Waals surface area contributed by atoms with Gasteiger partial charge in [-0.15, -0.1) is 0 Å². The lowest BCUT2D eigenvalue weighted by Gasteiger charge is -2.40. The fraction of sp³-hybridized carbons (Fsp3) is 0.379. The number of carbonyl (C=O) groups excluding carboxylic acids is 1. The summed E-state index contributed by atoms with van der Waals surface area (Å²) in [6.07, 6.45) is -1.59. The summed E-state index contributed by atoms with van der Waals surface area (Å²) in [5, 5.41) is 12.2. The number of rotatable bonds is 11. The summed E-state index contributed by atoms with van der Waals surface area (Å²) in [5.41, 5.74) is 6.83. The van der Waals surface area contributed by atoms with Gasteiger partial charge in [0.05, 0.1) is 35.1 Å². The van der Waals surface area contributed by atoms with Gasteiger partial charge >= 0.3 is 6.18 Å². The Bertz CT molecular complexity index is 1360. The van der Waals surface area contributed by atoms with Crippen molar-refractivity contribution in [2.24, 2.45) is 11.1 Å². The Labute approximate surface area is 237 Å². The van der Waals surface area contributed by atoms with Gasteiger partial charge in [0.1, 0.15) is 5.78 Å². The second-order valence-electron chi connectivity index (χ2n) is 10.1. The van der Waals surface area contributed by atoms with Gasteiger partial charge in [0, 0.05) is 37.9 Å². The fourth-order valence-corrected chi connectivity index (χ4v) is 4.49. The molecule has 3 aromatic rings.